The van der Waals surface area contributed by atoms with Crippen LogP contribution in [0.1, 0.15) is 49.7 Å². The van der Waals surface area contributed by atoms with Crippen LogP contribution in [-0.4, -0.2) is 52.0 Å². The normalized spacial score (nSPS) is 15.7. The Kier molecular flexibility index (Phi) is 5.71. The monoisotopic (exact) mass is 443 g/mol. The van der Waals surface area contributed by atoms with Crippen molar-refractivity contribution in [3.05, 3.63) is 53.9 Å². The molecule has 6 nitrogen and oxygen atoms in total. The molecule has 0 bridgehead atoms. The van der Waals surface area contributed by atoms with Gasteiger partial charge in [-0.15, -0.1) is 0 Å². The molecule has 0 saturated carbocycles. The summed E-state index contributed by atoms with van der Waals surface area (Å²) in [5.74, 6) is 1.03. The Morgan fingerprint density at radius 1 is 1.21 bits per heavy atom. The Hall–Kier alpha value is -3.12. The van der Waals surface area contributed by atoms with Crippen LogP contribution in [0.3, 0.4) is 0 Å². The lowest BCUT2D eigenvalue weighted by Gasteiger charge is -2.31. The van der Waals surface area contributed by atoms with Crippen molar-refractivity contribution in [1.29, 1.82) is 0 Å². The average Bonchev–Trinajstić information content (AvgIpc) is 3.37. The number of likely N-dealkylation sites (tertiary alicyclic amines) is 1. The fourth-order valence-electron chi connectivity index (χ4n) is 5.41. The molecule has 4 heterocycles. The van der Waals surface area contributed by atoms with E-state index in [-0.39, 0.29) is 5.91 Å². The number of carbonyl (C=O) groups excluding carboxylic acids is 1. The fourth-order valence-corrected chi connectivity index (χ4v) is 5.41. The van der Waals surface area contributed by atoms with Gasteiger partial charge in [0.05, 0.1) is 12.2 Å². The number of benzene rings is 1. The molecule has 5 rings (SSSR count). The maximum atomic E-state index is 11.7. The SMILES string of the molecule is CNC(=O)CN1CCC(c2ccc3[nH]c(-c4cn(C)c5ncccc45)c(C(C)C)c3c2)CC1. The number of H-pyrrole nitrogens is 1. The zero-order valence-corrected chi connectivity index (χ0v) is 20.0. The number of carbonyl (C=O) groups is 1. The molecule has 1 aliphatic rings. The summed E-state index contributed by atoms with van der Waals surface area (Å²) in [6.07, 6.45) is 6.22. The third-order valence-corrected chi connectivity index (χ3v) is 7.15. The van der Waals surface area contributed by atoms with Gasteiger partial charge in [0, 0.05) is 48.3 Å². The van der Waals surface area contributed by atoms with Crippen molar-refractivity contribution in [3.8, 4) is 11.3 Å². The smallest absolute Gasteiger partial charge is 0.233 e. The average molecular weight is 444 g/mol. The van der Waals surface area contributed by atoms with Crippen LogP contribution in [0, 0.1) is 0 Å². The van der Waals surface area contributed by atoms with Crippen LogP contribution in [0.4, 0.5) is 0 Å². The molecule has 172 valence electrons. The molecular formula is C27H33N5O. The first-order chi connectivity index (χ1) is 16.0. The number of hydrogen-bond acceptors (Lipinski definition) is 3. The first kappa shape index (κ1) is 21.7. The second-order valence-electron chi connectivity index (χ2n) is 9.63. The van der Waals surface area contributed by atoms with E-state index < -0.39 is 0 Å². The molecule has 1 saturated heterocycles. The van der Waals surface area contributed by atoms with E-state index in [9.17, 15) is 4.79 Å². The number of nitrogens with one attached hydrogen (secondary N) is 2. The predicted octanol–water partition coefficient (Wildman–Crippen LogP) is 4.77. The van der Waals surface area contributed by atoms with Crippen molar-refractivity contribution < 1.29 is 4.79 Å². The molecule has 0 spiro atoms. The van der Waals surface area contributed by atoms with Crippen LogP contribution in [-0.2, 0) is 11.8 Å². The molecule has 2 N–H and O–H groups in total. The summed E-state index contributed by atoms with van der Waals surface area (Å²) in [5.41, 5.74) is 7.40. The van der Waals surface area contributed by atoms with E-state index in [0.717, 1.165) is 31.6 Å². The third kappa shape index (κ3) is 3.93. The largest absolute Gasteiger partial charge is 0.358 e. The number of aromatic amines is 1. The summed E-state index contributed by atoms with van der Waals surface area (Å²) in [4.78, 5) is 22.3. The van der Waals surface area contributed by atoms with E-state index in [4.69, 9.17) is 0 Å². The van der Waals surface area contributed by atoms with Gasteiger partial charge in [-0.2, -0.15) is 0 Å². The Morgan fingerprint density at radius 3 is 2.73 bits per heavy atom. The van der Waals surface area contributed by atoms with Gasteiger partial charge in [-0.1, -0.05) is 19.9 Å². The summed E-state index contributed by atoms with van der Waals surface area (Å²) in [6, 6.07) is 11.1. The van der Waals surface area contributed by atoms with Crippen LogP contribution in [0.15, 0.2) is 42.7 Å². The molecule has 1 aromatic carbocycles. The molecule has 3 aromatic heterocycles. The minimum Gasteiger partial charge on any atom is -0.358 e. The molecule has 0 radical (unpaired) electrons. The van der Waals surface area contributed by atoms with Crippen LogP contribution < -0.4 is 5.32 Å². The summed E-state index contributed by atoms with van der Waals surface area (Å²) >= 11 is 0. The maximum Gasteiger partial charge on any atom is 0.233 e. The number of aromatic nitrogens is 3. The number of hydrogen-bond donors (Lipinski definition) is 2. The molecule has 0 unspecified atom stereocenters. The fraction of sp³-hybridized carbons (Fsp3) is 0.407. The molecule has 4 aromatic rings. The quantitative estimate of drug-likeness (QED) is 0.467. The Morgan fingerprint density at radius 2 is 2.00 bits per heavy atom. The maximum absolute atomic E-state index is 11.7. The van der Waals surface area contributed by atoms with E-state index >= 15 is 0 Å². The molecule has 33 heavy (non-hydrogen) atoms. The number of nitrogens with zero attached hydrogens (tertiary/aromatic N) is 3. The number of fused-ring (bicyclic) bond motifs is 2. The summed E-state index contributed by atoms with van der Waals surface area (Å²) in [7, 11) is 3.77. The van der Waals surface area contributed by atoms with E-state index in [1.807, 2.05) is 12.3 Å². The lowest BCUT2D eigenvalue weighted by molar-refractivity contribution is -0.122. The summed E-state index contributed by atoms with van der Waals surface area (Å²) in [5, 5.41) is 5.23. The number of rotatable bonds is 5. The van der Waals surface area contributed by atoms with Gasteiger partial charge in [-0.25, -0.2) is 4.98 Å². The van der Waals surface area contributed by atoms with Gasteiger partial charge >= 0.3 is 0 Å². The van der Waals surface area contributed by atoms with Gasteiger partial charge in [0.2, 0.25) is 5.91 Å². The van der Waals surface area contributed by atoms with E-state index in [2.05, 4.69) is 76.1 Å². The second-order valence-corrected chi connectivity index (χ2v) is 9.63. The Labute approximate surface area is 195 Å². The summed E-state index contributed by atoms with van der Waals surface area (Å²) < 4.78 is 2.11. The Bertz CT molecular complexity index is 1310. The first-order valence-corrected chi connectivity index (χ1v) is 11.9. The highest BCUT2D eigenvalue weighted by atomic mass is 16.1. The van der Waals surface area contributed by atoms with Crippen LogP contribution in [0.2, 0.25) is 0 Å². The molecule has 0 atom stereocenters. The standard InChI is InChI=1S/C27H33N5O/c1-17(2)25-21-14-19(18-9-12-32(13-10-18)16-24(33)28-3)7-8-23(21)30-26(25)22-15-31(4)27-20(22)6-5-11-29-27/h5-8,11,14-15,17-18,30H,9-10,12-13,16H2,1-4H3,(H,28,33). The molecule has 0 aliphatic carbocycles. The van der Waals surface area contributed by atoms with Crippen LogP contribution in [0.25, 0.3) is 33.2 Å². The molecule has 1 aliphatic heterocycles. The minimum absolute atomic E-state index is 0.0972. The second kappa shape index (κ2) is 8.67. The van der Waals surface area contributed by atoms with Gasteiger partial charge in [0.15, 0.2) is 0 Å². The Balaban J connectivity index is 1.50. The minimum atomic E-state index is 0.0972. The number of pyridine rings is 1. The number of amides is 1. The van der Waals surface area contributed by atoms with Crippen molar-refractivity contribution >= 4 is 27.8 Å². The van der Waals surface area contributed by atoms with Gasteiger partial charge in [-0.3, -0.25) is 9.69 Å². The molecule has 6 heteroatoms. The van der Waals surface area contributed by atoms with Crippen molar-refractivity contribution in [2.75, 3.05) is 26.7 Å². The van der Waals surface area contributed by atoms with Crippen molar-refractivity contribution in [1.82, 2.24) is 24.8 Å². The van der Waals surface area contributed by atoms with Gasteiger partial charge in [-0.05, 0) is 73.2 Å². The lowest BCUT2D eigenvalue weighted by atomic mass is 9.87. The van der Waals surface area contributed by atoms with Gasteiger partial charge in [0.25, 0.3) is 0 Å². The molecular weight excluding hydrogens is 410 g/mol. The van der Waals surface area contributed by atoms with Crippen LogP contribution >= 0.6 is 0 Å². The third-order valence-electron chi connectivity index (χ3n) is 7.15. The van der Waals surface area contributed by atoms with E-state index in [1.165, 1.54) is 38.7 Å². The van der Waals surface area contributed by atoms with Crippen molar-refractivity contribution in [3.63, 3.8) is 0 Å². The van der Waals surface area contributed by atoms with Gasteiger partial charge < -0.3 is 14.9 Å². The number of likely N-dealkylation sites (N-methyl/N-ethyl adjacent to an activating group) is 1. The highest BCUT2D eigenvalue weighted by Crippen LogP contribution is 2.40. The van der Waals surface area contributed by atoms with Crippen molar-refractivity contribution in [2.24, 2.45) is 7.05 Å². The number of piperidine rings is 1. The highest BCUT2D eigenvalue weighted by molar-refractivity contribution is 5.99. The van der Waals surface area contributed by atoms with Gasteiger partial charge in [0.1, 0.15) is 5.65 Å². The first-order valence-electron chi connectivity index (χ1n) is 11.9. The van der Waals surface area contributed by atoms with E-state index in [0.29, 0.717) is 18.4 Å². The zero-order valence-electron chi connectivity index (χ0n) is 20.0. The zero-order chi connectivity index (χ0) is 23.1. The molecule has 1 amide bonds. The predicted molar refractivity (Wildman–Crippen MR) is 135 cm³/mol. The van der Waals surface area contributed by atoms with Crippen LogP contribution in [0.5, 0.6) is 0 Å². The van der Waals surface area contributed by atoms with Crippen molar-refractivity contribution in [2.45, 2.75) is 38.5 Å². The lowest BCUT2D eigenvalue weighted by Crippen LogP contribution is -2.40. The molecule has 1 fully saturated rings. The number of aryl methyl sites for hydroxylation is 1. The topological polar surface area (TPSA) is 66.0 Å². The van der Waals surface area contributed by atoms with E-state index in [1.54, 1.807) is 7.05 Å². The highest BCUT2D eigenvalue weighted by Gasteiger charge is 2.24. The summed E-state index contributed by atoms with van der Waals surface area (Å²) in [6.45, 7) is 6.99.